The van der Waals surface area contributed by atoms with Gasteiger partial charge < -0.3 is 14.8 Å². The number of piperazine rings is 1. The average Bonchev–Trinajstić information content (AvgIpc) is 3.10. The highest BCUT2D eigenvalue weighted by Crippen LogP contribution is 2.37. The van der Waals surface area contributed by atoms with Gasteiger partial charge in [0.1, 0.15) is 13.2 Å². The minimum atomic E-state index is 0.651. The molecule has 0 aromatic heterocycles. The van der Waals surface area contributed by atoms with Crippen molar-refractivity contribution in [3.05, 3.63) is 17.7 Å². The smallest absolute Gasteiger partial charge is 0.162 e. The molecule has 5 nitrogen and oxygen atoms in total. The molecule has 0 radical (unpaired) electrons. The Morgan fingerprint density at radius 1 is 1.12 bits per heavy atom. The zero-order valence-electron chi connectivity index (χ0n) is 14.4. The number of hydrogen-bond donors (Lipinski definition) is 1. The second kappa shape index (κ2) is 7.52. The molecule has 0 amide bonds. The molecule has 1 N–H and O–H groups in total. The van der Waals surface area contributed by atoms with Crippen molar-refractivity contribution in [3.8, 4) is 11.5 Å². The minimum absolute atomic E-state index is 0.651. The summed E-state index contributed by atoms with van der Waals surface area (Å²) in [6, 6.07) is 5.07. The second-order valence-electron chi connectivity index (χ2n) is 6.77. The summed E-state index contributed by atoms with van der Waals surface area (Å²) >= 11 is 1.80. The minimum Gasteiger partial charge on any atom is -0.486 e. The van der Waals surface area contributed by atoms with E-state index in [4.69, 9.17) is 9.47 Å². The van der Waals surface area contributed by atoms with Crippen LogP contribution in [0.3, 0.4) is 0 Å². The van der Waals surface area contributed by atoms with E-state index in [2.05, 4.69) is 33.5 Å². The zero-order chi connectivity index (χ0) is 16.4. The third kappa shape index (κ3) is 3.52. The van der Waals surface area contributed by atoms with Gasteiger partial charge in [-0.2, -0.15) is 0 Å². The van der Waals surface area contributed by atoms with Gasteiger partial charge in [-0.15, -0.1) is 11.8 Å². The lowest BCUT2D eigenvalue weighted by molar-refractivity contribution is 0.168. The van der Waals surface area contributed by atoms with Gasteiger partial charge in [-0.05, 0) is 30.4 Å². The Balaban J connectivity index is 1.43. The van der Waals surface area contributed by atoms with E-state index in [-0.39, 0.29) is 0 Å². The monoisotopic (exact) mass is 349 g/mol. The predicted molar refractivity (Wildman–Crippen MR) is 97.3 cm³/mol. The SMILES string of the molecule is CSc1cc2c(cc1CN1CCC(N3CCNCC3)C1)OCCO2. The van der Waals surface area contributed by atoms with Crippen molar-refractivity contribution in [1.29, 1.82) is 0 Å². The lowest BCUT2D eigenvalue weighted by Crippen LogP contribution is -2.49. The number of nitrogens with one attached hydrogen (secondary N) is 1. The first-order valence-corrected chi connectivity index (χ1v) is 10.2. The quantitative estimate of drug-likeness (QED) is 0.834. The van der Waals surface area contributed by atoms with Crippen LogP contribution in [0.4, 0.5) is 0 Å². The van der Waals surface area contributed by atoms with Crippen LogP contribution in [-0.4, -0.2) is 74.6 Å². The van der Waals surface area contributed by atoms with Crippen LogP contribution in [-0.2, 0) is 6.54 Å². The molecule has 24 heavy (non-hydrogen) atoms. The maximum absolute atomic E-state index is 5.78. The van der Waals surface area contributed by atoms with Gasteiger partial charge in [0.2, 0.25) is 0 Å². The van der Waals surface area contributed by atoms with Gasteiger partial charge in [0.15, 0.2) is 11.5 Å². The molecular weight excluding hydrogens is 322 g/mol. The van der Waals surface area contributed by atoms with Gasteiger partial charge in [0, 0.05) is 56.8 Å². The number of rotatable bonds is 4. The molecule has 1 unspecified atom stereocenters. The number of fused-ring (bicyclic) bond motifs is 1. The van der Waals surface area contributed by atoms with Gasteiger partial charge in [-0.3, -0.25) is 9.80 Å². The van der Waals surface area contributed by atoms with Crippen LogP contribution in [0.15, 0.2) is 17.0 Å². The largest absolute Gasteiger partial charge is 0.486 e. The molecule has 3 aliphatic heterocycles. The molecule has 0 aliphatic carbocycles. The highest BCUT2D eigenvalue weighted by atomic mass is 32.2. The summed E-state index contributed by atoms with van der Waals surface area (Å²) in [7, 11) is 0. The molecule has 132 valence electrons. The van der Waals surface area contributed by atoms with E-state index >= 15 is 0 Å². The van der Waals surface area contributed by atoms with Gasteiger partial charge in [-0.1, -0.05) is 0 Å². The van der Waals surface area contributed by atoms with Crippen molar-refractivity contribution in [2.75, 3.05) is 58.7 Å². The van der Waals surface area contributed by atoms with Gasteiger partial charge in [0.25, 0.3) is 0 Å². The van der Waals surface area contributed by atoms with Crippen LogP contribution in [0.5, 0.6) is 11.5 Å². The fourth-order valence-electron chi connectivity index (χ4n) is 3.97. The zero-order valence-corrected chi connectivity index (χ0v) is 15.2. The normalized spacial score (nSPS) is 25.1. The predicted octanol–water partition coefficient (Wildman–Crippen LogP) is 1.66. The summed E-state index contributed by atoms with van der Waals surface area (Å²) in [4.78, 5) is 6.57. The lowest BCUT2D eigenvalue weighted by atomic mass is 10.1. The Labute approximate surface area is 148 Å². The topological polar surface area (TPSA) is 37.0 Å². The van der Waals surface area contributed by atoms with Gasteiger partial charge in [-0.25, -0.2) is 0 Å². The van der Waals surface area contributed by atoms with E-state index in [1.807, 2.05) is 0 Å². The Morgan fingerprint density at radius 2 is 1.88 bits per heavy atom. The molecule has 1 aromatic carbocycles. The number of thioether (sulfide) groups is 1. The van der Waals surface area contributed by atoms with Crippen molar-refractivity contribution in [3.63, 3.8) is 0 Å². The number of hydrogen-bond acceptors (Lipinski definition) is 6. The fourth-order valence-corrected chi connectivity index (χ4v) is 4.58. The van der Waals surface area contributed by atoms with Crippen LogP contribution >= 0.6 is 11.8 Å². The molecule has 0 bridgehead atoms. The molecule has 6 heteroatoms. The molecular formula is C18H27N3O2S. The fraction of sp³-hybridized carbons (Fsp3) is 0.667. The van der Waals surface area contributed by atoms with E-state index in [0.717, 1.165) is 37.2 Å². The molecule has 0 saturated carbocycles. The maximum Gasteiger partial charge on any atom is 0.162 e. The Hall–Kier alpha value is -0.950. The van der Waals surface area contributed by atoms with Crippen molar-refractivity contribution in [1.82, 2.24) is 15.1 Å². The van der Waals surface area contributed by atoms with Crippen molar-refractivity contribution in [2.24, 2.45) is 0 Å². The van der Waals surface area contributed by atoms with Crippen LogP contribution in [0.25, 0.3) is 0 Å². The summed E-state index contributed by atoms with van der Waals surface area (Å²) in [6.45, 7) is 9.34. The summed E-state index contributed by atoms with van der Waals surface area (Å²) in [5.41, 5.74) is 1.37. The van der Waals surface area contributed by atoms with E-state index in [1.165, 1.54) is 43.1 Å². The number of benzene rings is 1. The van der Waals surface area contributed by atoms with Crippen molar-refractivity contribution in [2.45, 2.75) is 23.9 Å². The molecule has 3 aliphatic rings. The van der Waals surface area contributed by atoms with Crippen LogP contribution in [0.1, 0.15) is 12.0 Å². The first-order chi connectivity index (χ1) is 11.8. The highest BCUT2D eigenvalue weighted by molar-refractivity contribution is 7.98. The Bertz CT molecular complexity index is 578. The average molecular weight is 350 g/mol. The van der Waals surface area contributed by atoms with E-state index in [9.17, 15) is 0 Å². The molecule has 2 fully saturated rings. The summed E-state index contributed by atoms with van der Waals surface area (Å²) in [6.07, 6.45) is 3.43. The second-order valence-corrected chi connectivity index (χ2v) is 7.62. The van der Waals surface area contributed by atoms with Crippen LogP contribution in [0, 0.1) is 0 Å². The first-order valence-electron chi connectivity index (χ1n) is 8.97. The molecule has 3 heterocycles. The lowest BCUT2D eigenvalue weighted by Gasteiger charge is -2.32. The maximum atomic E-state index is 5.78. The standard InChI is InChI=1S/C18H27N3O2S/c1-24-18-11-17-16(22-8-9-23-17)10-14(18)12-20-5-2-15(13-20)21-6-3-19-4-7-21/h10-11,15,19H,2-9,12-13H2,1H3. The summed E-state index contributed by atoms with van der Waals surface area (Å²) in [5, 5.41) is 3.45. The summed E-state index contributed by atoms with van der Waals surface area (Å²) in [5.74, 6) is 1.81. The number of likely N-dealkylation sites (tertiary alicyclic amines) is 1. The molecule has 1 aromatic rings. The van der Waals surface area contributed by atoms with Gasteiger partial charge in [0.05, 0.1) is 0 Å². The van der Waals surface area contributed by atoms with Crippen molar-refractivity contribution >= 4 is 11.8 Å². The third-order valence-electron chi connectivity index (χ3n) is 5.25. The third-order valence-corrected chi connectivity index (χ3v) is 6.07. The molecule has 1 atom stereocenters. The summed E-state index contributed by atoms with van der Waals surface area (Å²) < 4.78 is 11.5. The van der Waals surface area contributed by atoms with Gasteiger partial charge >= 0.3 is 0 Å². The van der Waals surface area contributed by atoms with Crippen molar-refractivity contribution < 1.29 is 9.47 Å². The first kappa shape index (κ1) is 16.5. The van der Waals surface area contributed by atoms with Crippen LogP contribution < -0.4 is 14.8 Å². The molecule has 0 spiro atoms. The number of ether oxygens (including phenoxy) is 2. The van der Waals surface area contributed by atoms with Crippen LogP contribution in [0.2, 0.25) is 0 Å². The Morgan fingerprint density at radius 3 is 2.62 bits per heavy atom. The number of nitrogens with zero attached hydrogens (tertiary/aromatic N) is 2. The highest BCUT2D eigenvalue weighted by Gasteiger charge is 2.29. The molecule has 4 rings (SSSR count). The van der Waals surface area contributed by atoms with E-state index in [1.54, 1.807) is 11.8 Å². The van der Waals surface area contributed by atoms with E-state index in [0.29, 0.717) is 13.2 Å². The van der Waals surface area contributed by atoms with E-state index < -0.39 is 0 Å². The molecule has 2 saturated heterocycles. The Kier molecular flexibility index (Phi) is 5.17.